The molecular weight excluding hydrogens is 1100 g/mol. The number of para-hydroxylation sites is 1. The number of hydrazone groups is 1. The molecule has 5 rings (SSSR count). The molecule has 20 heteroatoms. The number of fused-ring (bicyclic) bond motifs is 1. The van der Waals surface area contributed by atoms with Crippen molar-refractivity contribution in [3.63, 3.8) is 0 Å². The molecule has 0 aliphatic carbocycles. The molecule has 0 fully saturated rings. The van der Waals surface area contributed by atoms with E-state index in [1.165, 1.54) is 12.8 Å². The van der Waals surface area contributed by atoms with Crippen molar-refractivity contribution in [2.24, 2.45) is 10.8 Å². The maximum atomic E-state index is 14.8. The van der Waals surface area contributed by atoms with Gasteiger partial charge in [0.25, 0.3) is 5.96 Å². The van der Waals surface area contributed by atoms with Crippen molar-refractivity contribution in [2.75, 3.05) is 26.7 Å². The first-order valence-electron chi connectivity index (χ1n) is 27.4. The van der Waals surface area contributed by atoms with Crippen LogP contribution in [0.4, 0.5) is 0 Å². The first-order valence-corrected chi connectivity index (χ1v) is 27.4. The van der Waals surface area contributed by atoms with Crippen molar-refractivity contribution in [3.8, 4) is 5.75 Å². The van der Waals surface area contributed by atoms with Crippen LogP contribution in [-0.4, -0.2) is 106 Å². The monoisotopic (exact) mass is 1180 g/mol. The summed E-state index contributed by atoms with van der Waals surface area (Å²) in [5.74, 6) is -1.59. The average Bonchev–Trinajstić information content (AvgIpc) is 3.83. The number of nitro groups is 1. The molecule has 0 saturated heterocycles. The zero-order valence-corrected chi connectivity index (χ0v) is 47.8. The van der Waals surface area contributed by atoms with Gasteiger partial charge in [-0.25, -0.2) is 10.1 Å². The molecule has 0 aliphatic heterocycles. The number of H-pyrrole nitrogens is 1. The van der Waals surface area contributed by atoms with Gasteiger partial charge in [0.05, 0.1) is 0 Å². The maximum Gasteiger partial charge on any atom is 0.266 e. The van der Waals surface area contributed by atoms with Crippen molar-refractivity contribution < 1.29 is 60.3 Å². The van der Waals surface area contributed by atoms with Gasteiger partial charge in [-0.2, -0.15) is 0 Å². The molecule has 19 nitrogen and oxygen atoms in total. The maximum absolute atomic E-state index is 14.8. The van der Waals surface area contributed by atoms with Gasteiger partial charge >= 0.3 is 0 Å². The predicted molar refractivity (Wildman–Crippen MR) is 308 cm³/mol. The Labute approximate surface area is 479 Å². The van der Waals surface area contributed by atoms with Gasteiger partial charge < -0.3 is 57.9 Å². The molecule has 0 bridgehead atoms. The normalized spacial score (nSPS) is 12.6. The number of unbranched alkanes of at least 4 members (excludes halogenated alkanes) is 9. The van der Waals surface area contributed by atoms with Crippen LogP contribution in [0.15, 0.2) is 120 Å². The van der Waals surface area contributed by atoms with Gasteiger partial charge in [0.2, 0.25) is 23.6 Å². The Hall–Kier alpha value is -6.69. The molecular formula is C59H86N10O9Pd. The molecule has 0 spiro atoms. The number of nitrogens with one attached hydrogen (secondary N) is 6. The summed E-state index contributed by atoms with van der Waals surface area (Å²) < 4.78 is 6.02. The molecule has 79 heavy (non-hydrogen) atoms. The Morgan fingerprint density at radius 2 is 1.20 bits per heavy atom. The number of amides is 4. The Morgan fingerprint density at radius 1 is 0.658 bits per heavy atom. The Morgan fingerprint density at radius 3 is 1.85 bits per heavy atom. The van der Waals surface area contributed by atoms with E-state index >= 15 is 0 Å². The van der Waals surface area contributed by atoms with Crippen LogP contribution < -0.4 is 37.1 Å². The molecule has 12 N–H and O–H groups in total. The molecule has 5 aromatic rings. The zero-order chi connectivity index (χ0) is 54.3. The second kappa shape index (κ2) is 38.8. The molecule has 0 saturated carbocycles. The number of rotatable bonds is 36. The predicted octanol–water partition coefficient (Wildman–Crippen LogP) is 6.59. The van der Waals surface area contributed by atoms with E-state index < -0.39 is 46.8 Å². The summed E-state index contributed by atoms with van der Waals surface area (Å²) in [5.41, 5.74) is 10.3. The Bertz CT molecular complexity index is 2550. The number of ether oxygens (including phenoxy) is 1. The zero-order valence-electron chi connectivity index (χ0n) is 46.2. The van der Waals surface area contributed by atoms with Crippen LogP contribution in [0.2, 0.25) is 0 Å². The van der Waals surface area contributed by atoms with E-state index in [2.05, 4.69) is 55.4 Å². The van der Waals surface area contributed by atoms with Crippen LogP contribution in [0.1, 0.15) is 126 Å². The summed E-state index contributed by atoms with van der Waals surface area (Å²) in [6, 6.07) is 30.8. The molecule has 0 aliphatic rings. The van der Waals surface area contributed by atoms with Crippen molar-refractivity contribution in [1.29, 1.82) is 0 Å². The number of likely N-dealkylation sites (N-methyl/N-ethyl adjacent to an activating group) is 1. The number of nitrogens with two attached hydrogens (primary N) is 1. The van der Waals surface area contributed by atoms with Crippen molar-refractivity contribution >= 4 is 40.5 Å². The van der Waals surface area contributed by atoms with Gasteiger partial charge in [0.1, 0.15) is 35.6 Å². The number of hydrogen-bond acceptors (Lipinski definition) is 8. The number of hydrogen-bond donors (Lipinski definition) is 7. The van der Waals surface area contributed by atoms with E-state index in [1.54, 1.807) is 0 Å². The van der Waals surface area contributed by atoms with Crippen molar-refractivity contribution in [3.05, 3.63) is 148 Å². The fourth-order valence-corrected chi connectivity index (χ4v) is 9.24. The number of aromatic amines is 1. The molecule has 0 radical (unpaired) electrons. The summed E-state index contributed by atoms with van der Waals surface area (Å²) in [6.45, 7) is 6.24. The molecule has 0 unspecified atom stereocenters. The standard InChI is InChI=1S/C59H82N10O7.2H2O.Pd/c1-4-6-8-10-11-12-19-31-55(70)64-53(39-45-32-34-49(35-33-45)76-43-46-26-17-14-18-27-46)57(72)66-54(38-44-24-15-13-16-25-44)58(73)65-52(30-23-36-61-59(60)67-69(74)75)56(71)63-48(42-68(3)37-22-9-7-5-2)40-47-41-62-51-29-21-20-28-50(47)51;;;/h13-18,20-21,24-29,32-35,41,48,52-54,62H,4-12,19,22-23,30-31,36-40,42-43H2,1-3H3,(H,63,71)(H,64,70)(H,65,73)(H,66,72)(H3,60,61,67);2*1H2;/t48-,52-,53-,54+;;;/m0.../s1. The molecule has 4 aromatic carbocycles. The fraction of sp³-hybridized carbons (Fsp3) is 0.475. The smallest absolute Gasteiger partial charge is 0.266 e. The van der Waals surface area contributed by atoms with Crippen molar-refractivity contribution in [1.82, 2.24) is 36.5 Å². The van der Waals surface area contributed by atoms with E-state index in [4.69, 9.17) is 10.5 Å². The molecule has 1 heterocycles. The number of nitrogens with zero attached hydrogens (tertiary/aromatic N) is 3. The average molecular weight is 1190 g/mol. The fourth-order valence-electron chi connectivity index (χ4n) is 9.24. The van der Waals surface area contributed by atoms with Gasteiger partial charge in [0.15, 0.2) is 5.03 Å². The van der Waals surface area contributed by atoms with Gasteiger partial charge in [-0.15, -0.1) is 0 Å². The van der Waals surface area contributed by atoms with Crippen LogP contribution in [0.25, 0.3) is 10.9 Å². The van der Waals surface area contributed by atoms with Gasteiger partial charge in [-0.3, -0.25) is 19.2 Å². The number of aromatic nitrogens is 1. The van der Waals surface area contributed by atoms with Crippen molar-refractivity contribution in [2.45, 2.75) is 154 Å². The van der Waals surface area contributed by atoms with Crippen LogP contribution in [0.5, 0.6) is 5.75 Å². The van der Waals surface area contributed by atoms with E-state index in [1.807, 2.05) is 122 Å². The molecule has 1 aromatic heterocycles. The quantitative estimate of drug-likeness (QED) is 0.00564. The summed E-state index contributed by atoms with van der Waals surface area (Å²) >= 11 is 0. The SMILES string of the molecule is CCCCCCCCCC(=O)N[C@@H](Cc1ccc(OCc2ccccc2)cc1)C(=O)N[C@H](Cc1ccccc1)C(=O)N[C@@H](CCCN/C(N)=N/[N+](=O)[O-])C(=O)N[C@@H](Cc1c[nH]c2ccccc12)CN(C)CCCCCC.O.O.[Pd]. The largest absolute Gasteiger partial charge is 0.489 e. The summed E-state index contributed by atoms with van der Waals surface area (Å²) in [7, 11) is 2.04. The minimum absolute atomic E-state index is 0. The summed E-state index contributed by atoms with van der Waals surface area (Å²) in [4.78, 5) is 74.4. The van der Waals surface area contributed by atoms with Crippen LogP contribution in [0.3, 0.4) is 0 Å². The first kappa shape index (κ1) is 68.4. The van der Waals surface area contributed by atoms with Crippen LogP contribution in [0, 0.1) is 10.1 Å². The third-order valence-electron chi connectivity index (χ3n) is 13.4. The van der Waals surface area contributed by atoms with Gasteiger partial charge in [0, 0.05) is 75.9 Å². The second-order valence-corrected chi connectivity index (χ2v) is 19.8. The Balaban J connectivity index is 0.00000711. The first-order chi connectivity index (χ1) is 36.9. The number of carbonyl (C=O) groups is 4. The molecule has 4 amide bonds. The van der Waals surface area contributed by atoms with E-state index in [0.717, 1.165) is 91.1 Å². The van der Waals surface area contributed by atoms with E-state index in [-0.39, 0.29) is 82.0 Å². The minimum Gasteiger partial charge on any atom is -0.489 e. The van der Waals surface area contributed by atoms with Gasteiger partial charge in [-0.1, -0.05) is 163 Å². The van der Waals surface area contributed by atoms with Crippen LogP contribution in [-0.2, 0) is 65.5 Å². The third kappa shape index (κ3) is 26.2. The number of benzene rings is 4. The Kier molecular flexibility index (Phi) is 33.6. The third-order valence-corrected chi connectivity index (χ3v) is 13.4. The van der Waals surface area contributed by atoms with E-state index in [9.17, 15) is 29.3 Å². The van der Waals surface area contributed by atoms with E-state index in [0.29, 0.717) is 31.7 Å². The number of guanidine groups is 1. The summed E-state index contributed by atoms with van der Waals surface area (Å²) in [6.07, 6.45) is 14.9. The second-order valence-electron chi connectivity index (χ2n) is 19.8. The molecule has 4 atom stereocenters. The molecule has 436 valence electrons. The number of carbonyl (C=O) groups excluding carboxylic acids is 4. The topological polar surface area (TPSA) is 301 Å². The van der Waals surface area contributed by atoms with Gasteiger partial charge in [-0.05, 0) is 86.1 Å². The van der Waals surface area contributed by atoms with Crippen LogP contribution >= 0.6 is 0 Å². The minimum atomic E-state index is -1.17. The summed E-state index contributed by atoms with van der Waals surface area (Å²) in [5, 5.41) is 29.2.